The summed E-state index contributed by atoms with van der Waals surface area (Å²) in [5.41, 5.74) is 6.61. The molecule has 1 amide bonds. The van der Waals surface area contributed by atoms with Gasteiger partial charge in [-0.3, -0.25) is 9.48 Å². The zero-order valence-corrected chi connectivity index (χ0v) is 9.68. The number of rotatable bonds is 4. The fourth-order valence-corrected chi connectivity index (χ4v) is 1.78. The Kier molecular flexibility index (Phi) is 2.96. The number of carbonyl (C=O) groups is 1. The first-order chi connectivity index (χ1) is 7.58. The molecule has 0 radical (unpaired) electrons. The Morgan fingerprint density at radius 3 is 2.88 bits per heavy atom. The highest BCUT2D eigenvalue weighted by Gasteiger charge is 2.30. The summed E-state index contributed by atoms with van der Waals surface area (Å²) in [6, 6.07) is -0.384. The van der Waals surface area contributed by atoms with Crippen LogP contribution in [0.3, 0.4) is 0 Å². The van der Waals surface area contributed by atoms with Crippen LogP contribution in [-0.2, 0) is 11.8 Å². The SMILES string of the molecule is CC(NC(=O)C(N)c1cnn(C)c1)C1CC1. The third kappa shape index (κ3) is 2.41. The maximum atomic E-state index is 11.8. The van der Waals surface area contributed by atoms with Gasteiger partial charge in [-0.25, -0.2) is 0 Å². The summed E-state index contributed by atoms with van der Waals surface area (Å²) in [4.78, 5) is 11.8. The van der Waals surface area contributed by atoms with E-state index in [2.05, 4.69) is 10.4 Å². The van der Waals surface area contributed by atoms with E-state index in [1.807, 2.05) is 6.92 Å². The molecule has 1 aliphatic rings. The van der Waals surface area contributed by atoms with Gasteiger partial charge in [-0.15, -0.1) is 0 Å². The van der Waals surface area contributed by atoms with Gasteiger partial charge in [0.2, 0.25) is 5.91 Å². The molecule has 1 fully saturated rings. The normalized spacial score (nSPS) is 19.2. The van der Waals surface area contributed by atoms with E-state index in [1.54, 1.807) is 24.1 Å². The lowest BCUT2D eigenvalue weighted by Gasteiger charge is -2.16. The zero-order chi connectivity index (χ0) is 11.7. The van der Waals surface area contributed by atoms with Crippen molar-refractivity contribution >= 4 is 5.91 Å². The van der Waals surface area contributed by atoms with Crippen molar-refractivity contribution in [1.82, 2.24) is 15.1 Å². The average Bonchev–Trinajstić information content (AvgIpc) is 3.00. The van der Waals surface area contributed by atoms with Crippen molar-refractivity contribution in [2.45, 2.75) is 31.8 Å². The first-order valence-corrected chi connectivity index (χ1v) is 5.62. The second kappa shape index (κ2) is 4.25. The van der Waals surface area contributed by atoms with Crippen molar-refractivity contribution in [1.29, 1.82) is 0 Å². The van der Waals surface area contributed by atoms with Gasteiger partial charge in [0.15, 0.2) is 0 Å². The summed E-state index contributed by atoms with van der Waals surface area (Å²) >= 11 is 0. The molecule has 0 aliphatic heterocycles. The largest absolute Gasteiger partial charge is 0.352 e. The Bertz CT molecular complexity index is 383. The Morgan fingerprint density at radius 2 is 2.38 bits per heavy atom. The molecule has 0 bridgehead atoms. The molecule has 88 valence electrons. The Balaban J connectivity index is 1.93. The predicted octanol–water partition coefficient (Wildman–Crippen LogP) is 0.335. The number of nitrogens with zero attached hydrogens (tertiary/aromatic N) is 2. The van der Waals surface area contributed by atoms with Crippen LogP contribution in [0.1, 0.15) is 31.4 Å². The van der Waals surface area contributed by atoms with Gasteiger partial charge in [-0.05, 0) is 25.7 Å². The number of nitrogens with one attached hydrogen (secondary N) is 1. The first kappa shape index (κ1) is 11.1. The first-order valence-electron chi connectivity index (χ1n) is 5.62. The van der Waals surface area contributed by atoms with Crippen molar-refractivity contribution in [3.05, 3.63) is 18.0 Å². The van der Waals surface area contributed by atoms with E-state index < -0.39 is 6.04 Å². The van der Waals surface area contributed by atoms with Crippen LogP contribution < -0.4 is 11.1 Å². The summed E-state index contributed by atoms with van der Waals surface area (Å²) in [5.74, 6) is 0.525. The van der Waals surface area contributed by atoms with Crippen LogP contribution in [0.4, 0.5) is 0 Å². The third-order valence-corrected chi connectivity index (χ3v) is 3.07. The zero-order valence-electron chi connectivity index (χ0n) is 9.68. The molecule has 0 spiro atoms. The molecule has 1 aromatic heterocycles. The molecule has 0 saturated heterocycles. The molecule has 1 heterocycles. The molecule has 1 saturated carbocycles. The van der Waals surface area contributed by atoms with Crippen molar-refractivity contribution < 1.29 is 4.79 Å². The number of amides is 1. The van der Waals surface area contributed by atoms with E-state index in [9.17, 15) is 4.79 Å². The highest BCUT2D eigenvalue weighted by atomic mass is 16.2. The minimum atomic E-state index is -0.616. The summed E-state index contributed by atoms with van der Waals surface area (Å²) in [6.07, 6.45) is 5.82. The van der Waals surface area contributed by atoms with Gasteiger partial charge in [0.1, 0.15) is 6.04 Å². The Labute approximate surface area is 95.0 Å². The van der Waals surface area contributed by atoms with Crippen molar-refractivity contribution in [3.63, 3.8) is 0 Å². The average molecular weight is 222 g/mol. The molecule has 5 heteroatoms. The number of aromatic nitrogens is 2. The second-order valence-corrected chi connectivity index (χ2v) is 4.56. The third-order valence-electron chi connectivity index (χ3n) is 3.07. The van der Waals surface area contributed by atoms with E-state index in [0.29, 0.717) is 5.92 Å². The van der Waals surface area contributed by atoms with Crippen molar-refractivity contribution in [2.24, 2.45) is 18.7 Å². The van der Waals surface area contributed by atoms with E-state index in [1.165, 1.54) is 12.8 Å². The quantitative estimate of drug-likeness (QED) is 0.771. The Hall–Kier alpha value is -1.36. The van der Waals surface area contributed by atoms with Gasteiger partial charge in [-0.2, -0.15) is 5.10 Å². The van der Waals surface area contributed by atoms with Gasteiger partial charge in [0, 0.05) is 24.8 Å². The smallest absolute Gasteiger partial charge is 0.241 e. The van der Waals surface area contributed by atoms with Crippen LogP contribution >= 0.6 is 0 Å². The van der Waals surface area contributed by atoms with Crippen LogP contribution in [0, 0.1) is 5.92 Å². The van der Waals surface area contributed by atoms with Gasteiger partial charge >= 0.3 is 0 Å². The molecule has 0 aromatic carbocycles. The van der Waals surface area contributed by atoms with Gasteiger partial charge in [0.05, 0.1) is 6.20 Å². The van der Waals surface area contributed by atoms with Crippen LogP contribution in [0.5, 0.6) is 0 Å². The summed E-state index contributed by atoms with van der Waals surface area (Å²) in [6.45, 7) is 2.03. The van der Waals surface area contributed by atoms with Gasteiger partial charge in [0.25, 0.3) is 0 Å². The predicted molar refractivity (Wildman–Crippen MR) is 60.5 cm³/mol. The van der Waals surface area contributed by atoms with E-state index in [4.69, 9.17) is 5.73 Å². The van der Waals surface area contributed by atoms with Crippen molar-refractivity contribution in [2.75, 3.05) is 0 Å². The molecule has 1 aromatic rings. The Morgan fingerprint density at radius 1 is 1.69 bits per heavy atom. The van der Waals surface area contributed by atoms with Crippen LogP contribution in [0.2, 0.25) is 0 Å². The van der Waals surface area contributed by atoms with Crippen LogP contribution in [0.25, 0.3) is 0 Å². The minimum Gasteiger partial charge on any atom is -0.352 e. The van der Waals surface area contributed by atoms with Gasteiger partial charge < -0.3 is 11.1 Å². The highest BCUT2D eigenvalue weighted by molar-refractivity contribution is 5.83. The van der Waals surface area contributed by atoms with Crippen LogP contribution in [0.15, 0.2) is 12.4 Å². The van der Waals surface area contributed by atoms with Crippen LogP contribution in [-0.4, -0.2) is 21.7 Å². The lowest BCUT2D eigenvalue weighted by Crippen LogP contribution is -2.40. The minimum absolute atomic E-state index is 0.118. The molecule has 16 heavy (non-hydrogen) atoms. The van der Waals surface area contributed by atoms with E-state index in [0.717, 1.165) is 5.56 Å². The highest BCUT2D eigenvalue weighted by Crippen LogP contribution is 2.32. The molecule has 5 nitrogen and oxygen atoms in total. The molecule has 2 rings (SSSR count). The summed E-state index contributed by atoms with van der Waals surface area (Å²) in [5, 5.41) is 6.95. The number of nitrogens with two attached hydrogens (primary N) is 1. The fraction of sp³-hybridized carbons (Fsp3) is 0.636. The second-order valence-electron chi connectivity index (χ2n) is 4.56. The standard InChI is InChI=1S/C11H18N4O/c1-7(8-3-4-8)14-11(16)10(12)9-5-13-15(2)6-9/h5-8,10H,3-4,12H2,1-2H3,(H,14,16). The lowest BCUT2D eigenvalue weighted by atomic mass is 10.1. The van der Waals surface area contributed by atoms with E-state index >= 15 is 0 Å². The summed E-state index contributed by atoms with van der Waals surface area (Å²) < 4.78 is 1.65. The maximum absolute atomic E-state index is 11.8. The number of hydrogen-bond donors (Lipinski definition) is 2. The number of aryl methyl sites for hydroxylation is 1. The number of hydrogen-bond acceptors (Lipinski definition) is 3. The molecule has 2 unspecified atom stereocenters. The van der Waals surface area contributed by atoms with E-state index in [-0.39, 0.29) is 11.9 Å². The van der Waals surface area contributed by atoms with Gasteiger partial charge in [-0.1, -0.05) is 0 Å². The topological polar surface area (TPSA) is 72.9 Å². The molecule has 1 aliphatic carbocycles. The fourth-order valence-electron chi connectivity index (χ4n) is 1.78. The molecular weight excluding hydrogens is 204 g/mol. The van der Waals surface area contributed by atoms with Crippen molar-refractivity contribution in [3.8, 4) is 0 Å². The lowest BCUT2D eigenvalue weighted by molar-refractivity contribution is -0.123. The summed E-state index contributed by atoms with van der Waals surface area (Å²) in [7, 11) is 1.81. The number of carbonyl (C=O) groups excluding carboxylic acids is 1. The monoisotopic (exact) mass is 222 g/mol. The molecular formula is C11H18N4O. The maximum Gasteiger partial charge on any atom is 0.241 e. The molecule has 2 atom stereocenters. The molecule has 3 N–H and O–H groups in total.